The molecule has 8 nitrogen and oxygen atoms in total. The number of aromatic nitrogens is 3. The molecule has 0 bridgehead atoms. The molecular weight excluding hydrogens is 497 g/mol. The summed E-state index contributed by atoms with van der Waals surface area (Å²) in [5.41, 5.74) is 1.58. The first kappa shape index (κ1) is 26.9. The van der Waals surface area contributed by atoms with E-state index in [0.29, 0.717) is 36.5 Å². The summed E-state index contributed by atoms with van der Waals surface area (Å²) in [6.07, 6.45) is -0.395. The van der Waals surface area contributed by atoms with Gasteiger partial charge in [-0.1, -0.05) is 43.6 Å². The van der Waals surface area contributed by atoms with Crippen LogP contribution in [0.2, 0.25) is 5.15 Å². The van der Waals surface area contributed by atoms with Crippen molar-refractivity contribution in [2.24, 2.45) is 0 Å². The van der Waals surface area contributed by atoms with Crippen LogP contribution >= 0.6 is 11.6 Å². The molecule has 1 aliphatic heterocycles. The van der Waals surface area contributed by atoms with Crippen molar-refractivity contribution in [3.63, 3.8) is 0 Å². The van der Waals surface area contributed by atoms with Crippen molar-refractivity contribution in [1.82, 2.24) is 19.4 Å². The summed E-state index contributed by atoms with van der Waals surface area (Å²) in [4.78, 5) is 38.6. The monoisotopic (exact) mass is 529 g/mol. The minimum atomic E-state index is -0.697. The highest BCUT2D eigenvalue weighted by Gasteiger charge is 2.33. The zero-order valence-corrected chi connectivity index (χ0v) is 23.1. The van der Waals surface area contributed by atoms with Crippen molar-refractivity contribution < 1.29 is 13.9 Å². The Morgan fingerprint density at radius 1 is 1.22 bits per heavy atom. The molecule has 0 unspecified atom stereocenters. The predicted octanol–water partition coefficient (Wildman–Crippen LogP) is 5.45. The van der Waals surface area contributed by atoms with E-state index in [0.717, 1.165) is 11.1 Å². The number of carbonyl (C=O) groups excluding carboxylic acids is 1. The number of hydrogen-bond donors (Lipinski definition) is 0. The largest absolute Gasteiger partial charge is 0.444 e. The van der Waals surface area contributed by atoms with Crippen molar-refractivity contribution in [2.45, 2.75) is 66.0 Å². The van der Waals surface area contributed by atoms with E-state index in [4.69, 9.17) is 16.3 Å². The Morgan fingerprint density at radius 3 is 2.54 bits per heavy atom. The van der Waals surface area contributed by atoms with Crippen molar-refractivity contribution >= 4 is 34.5 Å². The molecule has 0 aliphatic carbocycles. The molecule has 1 fully saturated rings. The molecule has 0 spiro atoms. The fraction of sp³-hybridized carbons (Fsp3) is 0.481. The molecule has 1 atom stereocenters. The number of anilines is 1. The van der Waals surface area contributed by atoms with Crippen molar-refractivity contribution in [1.29, 1.82) is 0 Å². The second kappa shape index (κ2) is 9.93. The minimum absolute atomic E-state index is 0.120. The summed E-state index contributed by atoms with van der Waals surface area (Å²) in [5, 5.41) is 0.0537. The number of nitrogens with zero attached hydrogens (tertiary/aromatic N) is 5. The Balaban J connectivity index is 1.83. The molecule has 1 saturated heterocycles. The molecule has 10 heteroatoms. The molecule has 4 rings (SSSR count). The highest BCUT2D eigenvalue weighted by Crippen LogP contribution is 2.32. The lowest BCUT2D eigenvalue weighted by Crippen LogP contribution is -2.55. The van der Waals surface area contributed by atoms with Gasteiger partial charge >= 0.3 is 11.8 Å². The number of amides is 1. The second-order valence-electron chi connectivity index (χ2n) is 10.8. The van der Waals surface area contributed by atoms with Gasteiger partial charge in [0.05, 0.1) is 11.1 Å². The van der Waals surface area contributed by atoms with E-state index < -0.39 is 23.2 Å². The Morgan fingerprint density at radius 2 is 1.92 bits per heavy atom. The number of piperazine rings is 1. The smallest absolute Gasteiger partial charge is 0.410 e. The Kier molecular flexibility index (Phi) is 7.21. The molecular formula is C27H33ClFN5O3. The summed E-state index contributed by atoms with van der Waals surface area (Å²) < 4.78 is 21.7. The first-order valence-corrected chi connectivity index (χ1v) is 12.8. The number of hydrogen-bond acceptors (Lipinski definition) is 6. The van der Waals surface area contributed by atoms with E-state index in [2.05, 4.69) is 9.97 Å². The van der Waals surface area contributed by atoms with E-state index in [1.807, 2.05) is 71.6 Å². The van der Waals surface area contributed by atoms with Crippen LogP contribution < -0.4 is 10.6 Å². The first-order valence-electron chi connectivity index (χ1n) is 12.4. The van der Waals surface area contributed by atoms with Crippen LogP contribution in [0.3, 0.4) is 0 Å². The van der Waals surface area contributed by atoms with E-state index in [1.54, 1.807) is 4.90 Å². The third-order valence-electron chi connectivity index (χ3n) is 6.43. The van der Waals surface area contributed by atoms with Gasteiger partial charge < -0.3 is 14.5 Å². The molecule has 1 aromatic carbocycles. The number of carbonyl (C=O) groups is 1. The number of fused-ring (bicyclic) bond motifs is 1. The Bertz CT molecular complexity index is 1420. The van der Waals surface area contributed by atoms with Gasteiger partial charge in [-0.3, -0.25) is 0 Å². The standard InChI is InChI=1S/C27H33ClFN5O3/c1-15(2)18-10-8-9-16(3)21(18)34-24-19(13-20(29)22(28)30-24)23(31-25(34)35)32-11-12-33(17(4)14-32)26(36)37-27(5,6)7/h8-10,13,15,17H,11-12,14H2,1-7H3/t17-/m0/s1. The molecule has 0 radical (unpaired) electrons. The van der Waals surface area contributed by atoms with Gasteiger partial charge in [-0.05, 0) is 57.7 Å². The molecule has 1 aliphatic rings. The van der Waals surface area contributed by atoms with Gasteiger partial charge in [0, 0.05) is 25.7 Å². The first-order chi connectivity index (χ1) is 17.3. The maximum absolute atomic E-state index is 14.7. The van der Waals surface area contributed by atoms with Gasteiger partial charge in [0.15, 0.2) is 16.6 Å². The highest BCUT2D eigenvalue weighted by molar-refractivity contribution is 6.30. The van der Waals surface area contributed by atoms with Crippen molar-refractivity contribution in [3.05, 3.63) is 56.8 Å². The Hall–Kier alpha value is -3.20. The van der Waals surface area contributed by atoms with Crippen LogP contribution in [0.5, 0.6) is 0 Å². The Labute approximate surface area is 221 Å². The number of pyridine rings is 1. The van der Waals surface area contributed by atoms with Crippen molar-refractivity contribution in [3.8, 4) is 5.69 Å². The van der Waals surface area contributed by atoms with E-state index in [9.17, 15) is 14.0 Å². The molecule has 0 N–H and O–H groups in total. The predicted molar refractivity (Wildman–Crippen MR) is 144 cm³/mol. The summed E-state index contributed by atoms with van der Waals surface area (Å²) >= 11 is 6.12. The molecule has 1 amide bonds. The third-order valence-corrected chi connectivity index (χ3v) is 6.69. The quantitative estimate of drug-likeness (QED) is 0.420. The lowest BCUT2D eigenvalue weighted by Gasteiger charge is -2.40. The fourth-order valence-electron chi connectivity index (χ4n) is 4.72. The fourth-order valence-corrected chi connectivity index (χ4v) is 4.86. The molecule has 198 valence electrons. The van der Waals surface area contributed by atoms with Crippen LogP contribution in [-0.4, -0.2) is 56.8 Å². The average molecular weight is 530 g/mol. The van der Waals surface area contributed by atoms with Crippen molar-refractivity contribution in [2.75, 3.05) is 24.5 Å². The lowest BCUT2D eigenvalue weighted by molar-refractivity contribution is 0.0158. The highest BCUT2D eigenvalue weighted by atomic mass is 35.5. The molecule has 3 heterocycles. The number of aryl methyl sites for hydroxylation is 1. The average Bonchev–Trinajstić information content (AvgIpc) is 2.79. The summed E-state index contributed by atoms with van der Waals surface area (Å²) in [7, 11) is 0. The zero-order valence-electron chi connectivity index (χ0n) is 22.3. The van der Waals surface area contributed by atoms with Crippen LogP contribution in [0, 0.1) is 12.7 Å². The third kappa shape index (κ3) is 5.28. The van der Waals surface area contributed by atoms with Crippen LogP contribution in [0.25, 0.3) is 16.7 Å². The van der Waals surface area contributed by atoms with Gasteiger partial charge in [0.2, 0.25) is 0 Å². The van der Waals surface area contributed by atoms with E-state index in [1.165, 1.54) is 10.6 Å². The summed E-state index contributed by atoms with van der Waals surface area (Å²) in [6.45, 7) is 14.5. The maximum atomic E-state index is 14.7. The van der Waals surface area contributed by atoms with Crippen LogP contribution in [-0.2, 0) is 4.74 Å². The molecule has 3 aromatic rings. The summed E-state index contributed by atoms with van der Waals surface area (Å²) in [5.74, 6) is -0.263. The lowest BCUT2D eigenvalue weighted by atomic mass is 9.98. The van der Waals surface area contributed by atoms with Crippen LogP contribution in [0.15, 0.2) is 29.1 Å². The second-order valence-corrected chi connectivity index (χ2v) is 11.2. The number of halogens is 2. The van der Waals surface area contributed by atoms with Gasteiger partial charge in [-0.2, -0.15) is 4.98 Å². The molecule has 2 aromatic heterocycles. The number of ether oxygens (including phenoxy) is 1. The number of benzene rings is 1. The minimum Gasteiger partial charge on any atom is -0.444 e. The SMILES string of the molecule is Cc1cccc(C(C)C)c1-n1c(=O)nc(N2CCN(C(=O)OC(C)(C)C)[C@@H](C)C2)c2cc(F)c(Cl)nc21. The van der Waals surface area contributed by atoms with Gasteiger partial charge in [-0.25, -0.2) is 23.5 Å². The number of rotatable bonds is 3. The topological polar surface area (TPSA) is 80.6 Å². The van der Waals surface area contributed by atoms with Gasteiger partial charge in [0.1, 0.15) is 11.4 Å². The van der Waals surface area contributed by atoms with Gasteiger partial charge in [-0.15, -0.1) is 0 Å². The summed E-state index contributed by atoms with van der Waals surface area (Å²) in [6, 6.07) is 6.87. The van der Waals surface area contributed by atoms with E-state index in [-0.39, 0.29) is 22.8 Å². The normalized spacial score (nSPS) is 16.5. The maximum Gasteiger partial charge on any atom is 0.410 e. The van der Waals surface area contributed by atoms with Gasteiger partial charge in [0.25, 0.3) is 0 Å². The molecule has 0 saturated carbocycles. The van der Waals surface area contributed by atoms with Crippen LogP contribution in [0.4, 0.5) is 15.0 Å². The van der Waals surface area contributed by atoms with E-state index >= 15 is 0 Å². The van der Waals surface area contributed by atoms with Crippen LogP contribution in [0.1, 0.15) is 58.6 Å². The zero-order chi connectivity index (χ0) is 27.2. The molecule has 37 heavy (non-hydrogen) atoms. The number of para-hydroxylation sites is 1.